The van der Waals surface area contributed by atoms with Crippen LogP contribution in [-0.4, -0.2) is 5.78 Å². The number of hydrogen-bond acceptors (Lipinski definition) is 2. The van der Waals surface area contributed by atoms with Crippen LogP contribution in [0.5, 0.6) is 0 Å². The first-order valence-electron chi connectivity index (χ1n) is 5.14. The van der Waals surface area contributed by atoms with E-state index in [0.29, 0.717) is 5.76 Å². The molecular formula is C13H10F2O2. The number of carbonyl (C=O) groups is 1. The zero-order valence-electron chi connectivity index (χ0n) is 8.95. The minimum atomic E-state index is -0.696. The van der Waals surface area contributed by atoms with E-state index in [4.69, 9.17) is 4.42 Å². The Morgan fingerprint density at radius 1 is 1.06 bits per heavy atom. The van der Waals surface area contributed by atoms with Crippen molar-refractivity contribution >= 4 is 5.78 Å². The quantitative estimate of drug-likeness (QED) is 0.817. The molecule has 17 heavy (non-hydrogen) atoms. The summed E-state index contributed by atoms with van der Waals surface area (Å²) in [6, 6.07) is 6.85. The van der Waals surface area contributed by atoms with Crippen molar-refractivity contribution in [1.29, 1.82) is 0 Å². The Morgan fingerprint density at radius 3 is 2.35 bits per heavy atom. The minimum Gasteiger partial charge on any atom is -0.469 e. The summed E-state index contributed by atoms with van der Waals surface area (Å²) in [6.07, 6.45) is 1.23. The van der Waals surface area contributed by atoms with Gasteiger partial charge in [-0.1, -0.05) is 6.07 Å². The smallest absolute Gasteiger partial charge is 0.145 e. The Hall–Kier alpha value is -1.97. The van der Waals surface area contributed by atoms with Crippen molar-refractivity contribution in [3.63, 3.8) is 0 Å². The van der Waals surface area contributed by atoms with Crippen molar-refractivity contribution in [2.75, 3.05) is 0 Å². The summed E-state index contributed by atoms with van der Waals surface area (Å²) in [7, 11) is 0. The second-order valence-corrected chi connectivity index (χ2v) is 3.67. The zero-order valence-corrected chi connectivity index (χ0v) is 8.95. The molecule has 0 N–H and O–H groups in total. The summed E-state index contributed by atoms with van der Waals surface area (Å²) in [6.45, 7) is 0. The van der Waals surface area contributed by atoms with Gasteiger partial charge in [0.1, 0.15) is 23.2 Å². The normalized spacial score (nSPS) is 10.5. The largest absolute Gasteiger partial charge is 0.469 e. The molecule has 1 aromatic heterocycles. The van der Waals surface area contributed by atoms with Gasteiger partial charge in [0.15, 0.2) is 0 Å². The maximum Gasteiger partial charge on any atom is 0.145 e. The van der Waals surface area contributed by atoms with Crippen LogP contribution in [0.2, 0.25) is 0 Å². The van der Waals surface area contributed by atoms with Crippen LogP contribution in [0.3, 0.4) is 0 Å². The highest BCUT2D eigenvalue weighted by atomic mass is 19.1. The first kappa shape index (κ1) is 11.5. The number of carbonyl (C=O) groups excluding carboxylic acids is 1. The summed E-state index contributed by atoms with van der Waals surface area (Å²) >= 11 is 0. The Bertz CT molecular complexity index is 498. The molecule has 2 rings (SSSR count). The van der Waals surface area contributed by atoms with E-state index in [2.05, 4.69) is 0 Å². The molecule has 0 spiro atoms. The lowest BCUT2D eigenvalue weighted by atomic mass is 10.1. The molecule has 0 amide bonds. The van der Waals surface area contributed by atoms with Crippen LogP contribution < -0.4 is 0 Å². The number of furan rings is 1. The third-order valence-electron chi connectivity index (χ3n) is 2.39. The average Bonchev–Trinajstić information content (AvgIpc) is 2.76. The summed E-state index contributed by atoms with van der Waals surface area (Å²) in [5, 5.41) is 0. The van der Waals surface area contributed by atoms with E-state index in [9.17, 15) is 13.6 Å². The molecule has 1 heterocycles. The standard InChI is InChI=1S/C13H10F2O2/c14-12-4-1-5-13(15)11(12)8-9(16)7-10-3-2-6-17-10/h1-6H,7-8H2. The molecule has 0 unspecified atom stereocenters. The second-order valence-electron chi connectivity index (χ2n) is 3.67. The van der Waals surface area contributed by atoms with Gasteiger partial charge in [-0.2, -0.15) is 0 Å². The molecule has 88 valence electrons. The summed E-state index contributed by atoms with van der Waals surface area (Å²) in [5.41, 5.74) is -0.191. The van der Waals surface area contributed by atoms with Gasteiger partial charge in [0.2, 0.25) is 0 Å². The third kappa shape index (κ3) is 2.78. The van der Waals surface area contributed by atoms with E-state index < -0.39 is 11.6 Å². The number of ketones is 1. The molecule has 0 radical (unpaired) electrons. The molecule has 2 aromatic rings. The first-order valence-corrected chi connectivity index (χ1v) is 5.14. The van der Waals surface area contributed by atoms with Gasteiger partial charge in [0.25, 0.3) is 0 Å². The van der Waals surface area contributed by atoms with E-state index in [-0.39, 0.29) is 24.2 Å². The molecule has 0 saturated carbocycles. The Labute approximate surface area is 96.9 Å². The predicted molar refractivity (Wildman–Crippen MR) is 57.5 cm³/mol. The first-order chi connectivity index (χ1) is 8.16. The van der Waals surface area contributed by atoms with Gasteiger partial charge in [-0.25, -0.2) is 8.78 Å². The lowest BCUT2D eigenvalue weighted by Crippen LogP contribution is -2.09. The molecule has 0 fully saturated rings. The predicted octanol–water partition coefficient (Wildman–Crippen LogP) is 2.91. The van der Waals surface area contributed by atoms with Crippen molar-refractivity contribution in [2.45, 2.75) is 12.8 Å². The molecule has 0 aliphatic carbocycles. The highest BCUT2D eigenvalue weighted by Crippen LogP contribution is 2.14. The molecular weight excluding hydrogens is 226 g/mol. The van der Waals surface area contributed by atoms with E-state index in [1.807, 2.05) is 0 Å². The van der Waals surface area contributed by atoms with E-state index in [0.717, 1.165) is 12.1 Å². The lowest BCUT2D eigenvalue weighted by molar-refractivity contribution is -0.118. The van der Waals surface area contributed by atoms with Crippen LogP contribution in [0.15, 0.2) is 41.0 Å². The Morgan fingerprint density at radius 2 is 1.76 bits per heavy atom. The topological polar surface area (TPSA) is 30.2 Å². The fourth-order valence-electron chi connectivity index (χ4n) is 1.57. The number of benzene rings is 1. The van der Waals surface area contributed by atoms with Crippen LogP contribution in [0.1, 0.15) is 11.3 Å². The third-order valence-corrected chi connectivity index (χ3v) is 2.39. The molecule has 2 nitrogen and oxygen atoms in total. The zero-order chi connectivity index (χ0) is 12.3. The number of halogens is 2. The van der Waals surface area contributed by atoms with Gasteiger partial charge in [-0.05, 0) is 24.3 Å². The van der Waals surface area contributed by atoms with Gasteiger partial charge < -0.3 is 4.42 Å². The number of Topliss-reactive ketones (excluding diaryl/α,β-unsaturated/α-hetero) is 1. The van der Waals surface area contributed by atoms with Gasteiger partial charge in [0.05, 0.1) is 12.7 Å². The van der Waals surface area contributed by atoms with E-state index >= 15 is 0 Å². The van der Waals surface area contributed by atoms with Crippen molar-refractivity contribution in [3.8, 4) is 0 Å². The van der Waals surface area contributed by atoms with Crippen LogP contribution in [0.4, 0.5) is 8.78 Å². The van der Waals surface area contributed by atoms with Crippen LogP contribution in [-0.2, 0) is 17.6 Å². The SMILES string of the molecule is O=C(Cc1ccco1)Cc1c(F)cccc1F. The lowest BCUT2D eigenvalue weighted by Gasteiger charge is -2.03. The summed E-state index contributed by atoms with van der Waals surface area (Å²) < 4.78 is 31.5. The fourth-order valence-corrected chi connectivity index (χ4v) is 1.57. The fraction of sp³-hybridized carbons (Fsp3) is 0.154. The molecule has 0 saturated heterocycles. The Balaban J connectivity index is 2.08. The molecule has 4 heteroatoms. The minimum absolute atomic E-state index is 0.0424. The van der Waals surface area contributed by atoms with E-state index in [1.54, 1.807) is 12.1 Å². The molecule has 0 aliphatic rings. The summed E-state index contributed by atoms with van der Waals surface area (Å²) in [5.74, 6) is -1.19. The van der Waals surface area contributed by atoms with Crippen molar-refractivity contribution in [2.24, 2.45) is 0 Å². The van der Waals surface area contributed by atoms with Gasteiger partial charge in [0, 0.05) is 12.0 Å². The molecule has 0 bridgehead atoms. The van der Waals surface area contributed by atoms with Gasteiger partial charge >= 0.3 is 0 Å². The molecule has 0 atom stereocenters. The van der Waals surface area contributed by atoms with Crippen LogP contribution >= 0.6 is 0 Å². The van der Waals surface area contributed by atoms with Gasteiger partial charge in [-0.15, -0.1) is 0 Å². The highest BCUT2D eigenvalue weighted by Gasteiger charge is 2.14. The van der Waals surface area contributed by atoms with Crippen molar-refractivity contribution in [1.82, 2.24) is 0 Å². The summed E-state index contributed by atoms with van der Waals surface area (Å²) in [4.78, 5) is 11.6. The molecule has 1 aromatic carbocycles. The van der Waals surface area contributed by atoms with Crippen LogP contribution in [0, 0.1) is 11.6 Å². The average molecular weight is 236 g/mol. The Kier molecular flexibility index (Phi) is 3.32. The maximum atomic E-state index is 13.3. The second kappa shape index (κ2) is 4.91. The monoisotopic (exact) mass is 236 g/mol. The van der Waals surface area contributed by atoms with E-state index in [1.165, 1.54) is 12.3 Å². The van der Waals surface area contributed by atoms with Crippen LogP contribution in [0.25, 0.3) is 0 Å². The molecule has 0 aliphatic heterocycles. The number of rotatable bonds is 4. The highest BCUT2D eigenvalue weighted by molar-refractivity contribution is 5.82. The van der Waals surface area contributed by atoms with Gasteiger partial charge in [-0.3, -0.25) is 4.79 Å². The number of hydrogen-bond donors (Lipinski definition) is 0. The van der Waals surface area contributed by atoms with Crippen molar-refractivity contribution in [3.05, 3.63) is 59.6 Å². The van der Waals surface area contributed by atoms with Crippen molar-refractivity contribution < 1.29 is 18.0 Å². The maximum absolute atomic E-state index is 13.3.